The Balaban J connectivity index is 2.90. The first kappa shape index (κ1) is 11.0. The Labute approximate surface area is 91.2 Å². The molecule has 1 aromatic rings. The highest BCUT2D eigenvalue weighted by molar-refractivity contribution is 9.10. The molecule has 0 aliphatic carbocycles. The summed E-state index contributed by atoms with van der Waals surface area (Å²) in [6.07, 6.45) is 2.07. The summed E-state index contributed by atoms with van der Waals surface area (Å²) >= 11 is 3.26. The monoisotopic (exact) mass is 257 g/mol. The first-order valence-electron chi connectivity index (χ1n) is 4.30. The normalized spacial score (nSPS) is 9.64. The summed E-state index contributed by atoms with van der Waals surface area (Å²) in [7, 11) is 1.80. The van der Waals surface area contributed by atoms with Gasteiger partial charge in [0, 0.05) is 13.5 Å². The topological polar surface area (TPSA) is 54.0 Å². The number of nitrogens with one attached hydrogen (secondary N) is 2. The van der Waals surface area contributed by atoms with Crippen molar-refractivity contribution in [3.63, 3.8) is 0 Å². The minimum absolute atomic E-state index is 0.0226. The predicted molar refractivity (Wildman–Crippen MR) is 60.4 cm³/mol. The number of amides is 1. The van der Waals surface area contributed by atoms with Crippen LogP contribution in [0.2, 0.25) is 0 Å². The SMILES string of the molecule is CCC(=O)Nc1cnc(Br)cc1NC. The zero-order valence-corrected chi connectivity index (χ0v) is 9.68. The molecule has 0 aliphatic rings. The van der Waals surface area contributed by atoms with E-state index in [1.807, 2.05) is 6.07 Å². The van der Waals surface area contributed by atoms with Crippen molar-refractivity contribution in [3.8, 4) is 0 Å². The largest absolute Gasteiger partial charge is 0.386 e. The summed E-state index contributed by atoms with van der Waals surface area (Å²) in [5.41, 5.74) is 1.54. The maximum Gasteiger partial charge on any atom is 0.224 e. The lowest BCUT2D eigenvalue weighted by Gasteiger charge is -2.09. The van der Waals surface area contributed by atoms with Crippen molar-refractivity contribution in [2.75, 3.05) is 17.7 Å². The van der Waals surface area contributed by atoms with Crippen LogP contribution in [0.5, 0.6) is 0 Å². The van der Waals surface area contributed by atoms with Crippen molar-refractivity contribution < 1.29 is 4.79 Å². The minimum Gasteiger partial charge on any atom is -0.386 e. The third-order valence-electron chi connectivity index (χ3n) is 1.74. The molecule has 5 heteroatoms. The van der Waals surface area contributed by atoms with E-state index in [1.165, 1.54) is 0 Å². The molecule has 0 fully saturated rings. The third-order valence-corrected chi connectivity index (χ3v) is 2.17. The van der Waals surface area contributed by atoms with Crippen LogP contribution >= 0.6 is 15.9 Å². The second-order valence-corrected chi connectivity index (χ2v) is 3.52. The first-order chi connectivity index (χ1) is 6.67. The molecule has 0 bridgehead atoms. The molecule has 4 nitrogen and oxygen atoms in total. The highest BCUT2D eigenvalue weighted by atomic mass is 79.9. The van der Waals surface area contributed by atoms with Crippen LogP contribution in [-0.4, -0.2) is 17.9 Å². The number of carbonyl (C=O) groups excluding carboxylic acids is 1. The molecule has 1 amide bonds. The summed E-state index contributed by atoms with van der Waals surface area (Å²) in [6.45, 7) is 1.81. The van der Waals surface area contributed by atoms with Gasteiger partial charge in [-0.05, 0) is 22.0 Å². The predicted octanol–water partition coefficient (Wildman–Crippen LogP) is 2.23. The lowest BCUT2D eigenvalue weighted by Crippen LogP contribution is -2.11. The lowest BCUT2D eigenvalue weighted by molar-refractivity contribution is -0.115. The molecular formula is C9H12BrN3O. The van der Waals surface area contributed by atoms with Gasteiger partial charge in [0.05, 0.1) is 17.6 Å². The first-order valence-corrected chi connectivity index (χ1v) is 5.09. The van der Waals surface area contributed by atoms with Crippen molar-refractivity contribution in [1.29, 1.82) is 0 Å². The number of halogens is 1. The summed E-state index contributed by atoms with van der Waals surface area (Å²) in [5, 5.41) is 5.73. The number of rotatable bonds is 3. The van der Waals surface area contributed by atoms with Gasteiger partial charge in [0.15, 0.2) is 0 Å². The third kappa shape index (κ3) is 2.70. The van der Waals surface area contributed by atoms with Crippen LogP contribution in [0.15, 0.2) is 16.9 Å². The smallest absolute Gasteiger partial charge is 0.224 e. The molecule has 0 radical (unpaired) electrons. The van der Waals surface area contributed by atoms with Crippen LogP contribution in [0.1, 0.15) is 13.3 Å². The van der Waals surface area contributed by atoms with Gasteiger partial charge < -0.3 is 10.6 Å². The zero-order valence-electron chi connectivity index (χ0n) is 8.10. The van der Waals surface area contributed by atoms with Crippen LogP contribution < -0.4 is 10.6 Å². The van der Waals surface area contributed by atoms with Gasteiger partial charge in [-0.3, -0.25) is 4.79 Å². The molecular weight excluding hydrogens is 246 g/mol. The van der Waals surface area contributed by atoms with E-state index in [1.54, 1.807) is 20.2 Å². The molecule has 14 heavy (non-hydrogen) atoms. The van der Waals surface area contributed by atoms with Crippen LogP contribution in [0, 0.1) is 0 Å². The number of aromatic nitrogens is 1. The number of carbonyl (C=O) groups is 1. The molecule has 0 saturated carbocycles. The number of hydrogen-bond donors (Lipinski definition) is 2. The number of anilines is 2. The van der Waals surface area contributed by atoms with Gasteiger partial charge in [0.25, 0.3) is 0 Å². The molecule has 1 rings (SSSR count). The fourth-order valence-electron chi connectivity index (χ4n) is 0.975. The van der Waals surface area contributed by atoms with Crippen LogP contribution in [0.25, 0.3) is 0 Å². The maximum atomic E-state index is 11.2. The molecule has 0 saturated heterocycles. The van der Waals surface area contributed by atoms with Gasteiger partial charge in [-0.1, -0.05) is 6.92 Å². The number of pyridine rings is 1. The van der Waals surface area contributed by atoms with E-state index in [9.17, 15) is 4.79 Å². The van der Waals surface area contributed by atoms with E-state index >= 15 is 0 Å². The highest BCUT2D eigenvalue weighted by Crippen LogP contribution is 2.23. The summed E-state index contributed by atoms with van der Waals surface area (Å²) < 4.78 is 0.733. The van der Waals surface area contributed by atoms with Crippen LogP contribution in [0.3, 0.4) is 0 Å². The Morgan fingerprint density at radius 1 is 1.57 bits per heavy atom. The van der Waals surface area contributed by atoms with Crippen LogP contribution in [-0.2, 0) is 4.79 Å². The maximum absolute atomic E-state index is 11.2. The van der Waals surface area contributed by atoms with E-state index in [2.05, 4.69) is 31.5 Å². The van der Waals surface area contributed by atoms with Gasteiger partial charge in [-0.25, -0.2) is 4.98 Å². The van der Waals surface area contributed by atoms with Crippen molar-refractivity contribution in [2.45, 2.75) is 13.3 Å². The van der Waals surface area contributed by atoms with Crippen molar-refractivity contribution in [1.82, 2.24) is 4.98 Å². The van der Waals surface area contributed by atoms with E-state index in [0.29, 0.717) is 12.1 Å². The Morgan fingerprint density at radius 2 is 2.29 bits per heavy atom. The Bertz CT molecular complexity index is 341. The van der Waals surface area contributed by atoms with Gasteiger partial charge in [-0.15, -0.1) is 0 Å². The van der Waals surface area contributed by atoms with E-state index in [-0.39, 0.29) is 5.91 Å². The molecule has 0 unspecified atom stereocenters. The lowest BCUT2D eigenvalue weighted by atomic mass is 10.3. The second kappa shape index (κ2) is 4.95. The zero-order chi connectivity index (χ0) is 10.6. The average Bonchev–Trinajstić information content (AvgIpc) is 2.20. The molecule has 2 N–H and O–H groups in total. The molecule has 0 spiro atoms. The van der Waals surface area contributed by atoms with Crippen molar-refractivity contribution in [3.05, 3.63) is 16.9 Å². The quantitative estimate of drug-likeness (QED) is 0.817. The number of nitrogens with zero attached hydrogens (tertiary/aromatic N) is 1. The van der Waals surface area contributed by atoms with Gasteiger partial charge in [-0.2, -0.15) is 0 Å². The molecule has 1 heterocycles. The van der Waals surface area contributed by atoms with E-state index in [0.717, 1.165) is 10.3 Å². The van der Waals surface area contributed by atoms with Gasteiger partial charge >= 0.3 is 0 Å². The minimum atomic E-state index is -0.0226. The van der Waals surface area contributed by atoms with E-state index in [4.69, 9.17) is 0 Å². The highest BCUT2D eigenvalue weighted by Gasteiger charge is 2.05. The van der Waals surface area contributed by atoms with E-state index < -0.39 is 0 Å². The molecule has 1 aromatic heterocycles. The molecule has 0 atom stereocenters. The fourth-order valence-corrected chi connectivity index (χ4v) is 1.31. The summed E-state index contributed by atoms with van der Waals surface area (Å²) in [6, 6.07) is 1.81. The second-order valence-electron chi connectivity index (χ2n) is 2.70. The van der Waals surface area contributed by atoms with Crippen LogP contribution in [0.4, 0.5) is 11.4 Å². The fraction of sp³-hybridized carbons (Fsp3) is 0.333. The average molecular weight is 258 g/mol. The van der Waals surface area contributed by atoms with Gasteiger partial charge in [0.1, 0.15) is 4.60 Å². The van der Waals surface area contributed by atoms with Crippen molar-refractivity contribution >= 4 is 33.2 Å². The van der Waals surface area contributed by atoms with Crippen molar-refractivity contribution in [2.24, 2.45) is 0 Å². The molecule has 0 aromatic carbocycles. The Kier molecular flexibility index (Phi) is 3.88. The number of hydrogen-bond acceptors (Lipinski definition) is 3. The summed E-state index contributed by atoms with van der Waals surface area (Å²) in [4.78, 5) is 15.2. The molecule has 0 aliphatic heterocycles. The summed E-state index contributed by atoms with van der Waals surface area (Å²) in [5.74, 6) is -0.0226. The van der Waals surface area contributed by atoms with Gasteiger partial charge in [0.2, 0.25) is 5.91 Å². The standard InChI is InChI=1S/C9H12BrN3O/c1-3-9(14)13-7-5-12-8(10)4-6(7)11-2/h4-5H,3H2,1-2H3,(H,11,12)(H,13,14). The molecule has 76 valence electrons. The Hall–Kier alpha value is -1.10. The Morgan fingerprint density at radius 3 is 2.86 bits per heavy atom.